The van der Waals surface area contributed by atoms with Crippen molar-refractivity contribution in [1.82, 2.24) is 0 Å². The van der Waals surface area contributed by atoms with Gasteiger partial charge >= 0.3 is 23.9 Å². The van der Waals surface area contributed by atoms with E-state index in [-0.39, 0.29) is 48.8 Å². The summed E-state index contributed by atoms with van der Waals surface area (Å²) in [6.07, 6.45) is 14.4. The summed E-state index contributed by atoms with van der Waals surface area (Å²) in [4.78, 5) is 56.0. The smallest absolute Gasteiger partial charge is 0.307 e. The molecule has 0 bridgehead atoms. The highest BCUT2D eigenvalue weighted by Crippen LogP contribution is 2.43. The highest BCUT2D eigenvalue weighted by Gasteiger charge is 2.42. The molecular weight excluding hydrogens is 600 g/mol. The summed E-state index contributed by atoms with van der Waals surface area (Å²) < 4.78 is 25.8. The number of hydrogen-bond donors (Lipinski definition) is 2. The van der Waals surface area contributed by atoms with Gasteiger partial charge in [0.1, 0.15) is 6.10 Å². The van der Waals surface area contributed by atoms with Gasteiger partial charge in [0.25, 0.3) is 0 Å². The van der Waals surface area contributed by atoms with Crippen LogP contribution in [0.3, 0.4) is 0 Å². The summed E-state index contributed by atoms with van der Waals surface area (Å²) >= 11 is 0. The Morgan fingerprint density at radius 2 is 1.13 bits per heavy atom. The number of rotatable bonds is 11. The molecule has 0 aromatic rings. The van der Waals surface area contributed by atoms with E-state index in [2.05, 4.69) is 9.47 Å². The summed E-state index contributed by atoms with van der Waals surface area (Å²) in [7, 11) is 2.58. The molecule has 7 atom stereocenters. The van der Waals surface area contributed by atoms with Crippen LogP contribution in [0.25, 0.3) is 0 Å². The summed E-state index contributed by atoms with van der Waals surface area (Å²) in [6.45, 7) is 1.22. The van der Waals surface area contributed by atoms with Gasteiger partial charge in [-0.05, 0) is 93.8 Å². The number of carbonyl (C=O) groups is 5. The second-order valence-corrected chi connectivity index (χ2v) is 13.5. The number of ether oxygens (including phenoxy) is 5. The molecule has 2 saturated heterocycles. The molecule has 5 fully saturated rings. The second-order valence-electron chi connectivity index (χ2n) is 13.5. The molecule has 0 amide bonds. The molecule has 0 aromatic heterocycles. The Labute approximate surface area is 270 Å². The zero-order valence-corrected chi connectivity index (χ0v) is 27.0. The third-order valence-electron chi connectivity index (χ3n) is 10.1. The van der Waals surface area contributed by atoms with Crippen LogP contribution in [0.1, 0.15) is 83.5 Å². The maximum atomic E-state index is 11.3. The highest BCUT2D eigenvalue weighted by atomic mass is 16.5. The molecule has 0 radical (unpaired) electrons. The number of methoxy groups -OCH3 is 2. The van der Waals surface area contributed by atoms with E-state index in [4.69, 9.17) is 14.2 Å². The van der Waals surface area contributed by atoms with E-state index < -0.39 is 35.7 Å². The standard InChI is InChI=1S/2C13H20O5.C8H10O2/c2*1-17-12(14)7-10(13(15)16)9-4-5-18-11(6-9)8-2-3-8;9-7-3-4-10-8(5-7)6-1-2-6/h2*8-11H,2-7H2,1H3,(H,15,16);3-4,6,8H,1-2,5H2/t9-,10+,11+;9-,10+,11-;/m11./s1. The number of carbonyl (C=O) groups excluding carboxylic acids is 3. The molecule has 46 heavy (non-hydrogen) atoms. The van der Waals surface area contributed by atoms with E-state index in [0.29, 0.717) is 37.4 Å². The topological polar surface area (TPSA) is 172 Å². The van der Waals surface area contributed by atoms with Crippen molar-refractivity contribution in [3.63, 3.8) is 0 Å². The largest absolute Gasteiger partial charge is 0.497 e. The van der Waals surface area contributed by atoms with Crippen LogP contribution in [-0.2, 0) is 47.7 Å². The van der Waals surface area contributed by atoms with E-state index in [9.17, 15) is 34.2 Å². The van der Waals surface area contributed by atoms with Gasteiger partial charge in [-0.25, -0.2) is 0 Å². The molecule has 2 N–H and O–H groups in total. The Bertz CT molecular complexity index is 1030. The van der Waals surface area contributed by atoms with E-state index in [1.54, 1.807) is 0 Å². The number of esters is 2. The van der Waals surface area contributed by atoms with Gasteiger partial charge in [0, 0.05) is 25.7 Å². The van der Waals surface area contributed by atoms with Gasteiger partial charge in [-0.3, -0.25) is 24.0 Å². The molecule has 6 aliphatic rings. The van der Waals surface area contributed by atoms with Crippen LogP contribution in [0.15, 0.2) is 12.3 Å². The third kappa shape index (κ3) is 11.4. The van der Waals surface area contributed by atoms with Gasteiger partial charge in [0.05, 0.1) is 57.4 Å². The number of carboxylic acid groups (broad SMARTS) is 2. The van der Waals surface area contributed by atoms with Crippen molar-refractivity contribution in [3.05, 3.63) is 12.3 Å². The van der Waals surface area contributed by atoms with Crippen molar-refractivity contribution in [3.8, 4) is 0 Å². The first-order chi connectivity index (χ1) is 22.1. The molecule has 6 rings (SSSR count). The molecule has 3 saturated carbocycles. The Balaban J connectivity index is 0.000000163. The molecule has 3 heterocycles. The molecular formula is C34H50O12. The van der Waals surface area contributed by atoms with Crippen LogP contribution >= 0.6 is 0 Å². The normalized spacial score (nSPS) is 30.1. The lowest BCUT2D eigenvalue weighted by Crippen LogP contribution is -2.35. The molecule has 0 aromatic carbocycles. The SMILES string of the molecule is COC(=O)C[C@H](C(=O)O)[C@@H]1CCO[C@@H](C2CC2)C1.COC(=O)C[C@H](C(=O)O)[C@@H]1CCO[C@H](C2CC2)C1.O=C1C=COC(C2CC2)C1. The molecule has 3 aliphatic heterocycles. The first-order valence-corrected chi connectivity index (χ1v) is 16.8. The quantitative estimate of drug-likeness (QED) is 0.306. The van der Waals surface area contributed by atoms with Crippen LogP contribution in [0, 0.1) is 41.4 Å². The molecule has 0 spiro atoms. The van der Waals surface area contributed by atoms with Crippen molar-refractivity contribution in [2.24, 2.45) is 41.4 Å². The maximum absolute atomic E-state index is 11.3. The second kappa shape index (κ2) is 17.2. The van der Waals surface area contributed by atoms with Gasteiger partial charge in [-0.1, -0.05) is 0 Å². The fourth-order valence-electron chi connectivity index (χ4n) is 6.75. The predicted octanol–water partition coefficient (Wildman–Crippen LogP) is 4.18. The number of carboxylic acids is 2. The minimum Gasteiger partial charge on any atom is -0.497 e. The van der Waals surface area contributed by atoms with Crippen molar-refractivity contribution in [2.75, 3.05) is 27.4 Å². The van der Waals surface area contributed by atoms with Crippen LogP contribution in [0.4, 0.5) is 0 Å². The molecule has 3 aliphatic carbocycles. The molecule has 258 valence electrons. The monoisotopic (exact) mass is 650 g/mol. The van der Waals surface area contributed by atoms with E-state index >= 15 is 0 Å². The fraction of sp³-hybridized carbons (Fsp3) is 0.794. The summed E-state index contributed by atoms with van der Waals surface area (Å²) in [5.41, 5.74) is 0. The first-order valence-electron chi connectivity index (χ1n) is 16.8. The van der Waals surface area contributed by atoms with Gasteiger partial charge in [0.15, 0.2) is 5.78 Å². The maximum Gasteiger partial charge on any atom is 0.307 e. The zero-order valence-electron chi connectivity index (χ0n) is 27.0. The predicted molar refractivity (Wildman–Crippen MR) is 162 cm³/mol. The molecule has 1 unspecified atom stereocenters. The number of ketones is 1. The number of aliphatic carboxylic acids is 2. The third-order valence-corrected chi connectivity index (χ3v) is 10.1. The van der Waals surface area contributed by atoms with Crippen molar-refractivity contribution in [1.29, 1.82) is 0 Å². The van der Waals surface area contributed by atoms with E-state index in [0.717, 1.165) is 25.7 Å². The van der Waals surface area contributed by atoms with Gasteiger partial charge in [-0.15, -0.1) is 0 Å². The fourth-order valence-corrected chi connectivity index (χ4v) is 6.75. The highest BCUT2D eigenvalue weighted by molar-refractivity contribution is 5.90. The average molecular weight is 651 g/mol. The number of allylic oxidation sites excluding steroid dienone is 1. The molecule has 12 nitrogen and oxygen atoms in total. The van der Waals surface area contributed by atoms with Crippen LogP contribution in [0.5, 0.6) is 0 Å². The zero-order chi connectivity index (χ0) is 33.2. The van der Waals surface area contributed by atoms with Crippen molar-refractivity contribution < 1.29 is 57.9 Å². The lowest BCUT2D eigenvalue weighted by atomic mass is 9.81. The van der Waals surface area contributed by atoms with Gasteiger partial charge in [-0.2, -0.15) is 0 Å². The lowest BCUT2D eigenvalue weighted by molar-refractivity contribution is -0.154. The summed E-state index contributed by atoms with van der Waals surface area (Å²) in [5.74, 6) is -1.80. The van der Waals surface area contributed by atoms with Crippen LogP contribution in [-0.4, -0.2) is 85.6 Å². The first kappa shape index (κ1) is 35.9. The van der Waals surface area contributed by atoms with Crippen LogP contribution < -0.4 is 0 Å². The Kier molecular flexibility index (Phi) is 13.4. The summed E-state index contributed by atoms with van der Waals surface area (Å²) in [5, 5.41) is 18.5. The Hall–Kier alpha value is -2.99. The Morgan fingerprint density at radius 3 is 1.48 bits per heavy atom. The van der Waals surface area contributed by atoms with Crippen molar-refractivity contribution >= 4 is 29.7 Å². The lowest BCUT2D eigenvalue weighted by Gasteiger charge is -2.32. The minimum atomic E-state index is -0.901. The minimum absolute atomic E-state index is 0.0287. The average Bonchev–Trinajstić information content (AvgIpc) is 3.91. The van der Waals surface area contributed by atoms with Crippen LogP contribution in [0.2, 0.25) is 0 Å². The number of hydrogen-bond acceptors (Lipinski definition) is 10. The van der Waals surface area contributed by atoms with E-state index in [1.165, 1.54) is 65.1 Å². The van der Waals surface area contributed by atoms with E-state index in [1.807, 2.05) is 0 Å². The Morgan fingerprint density at radius 1 is 0.717 bits per heavy atom. The van der Waals surface area contributed by atoms with Gasteiger partial charge in [0.2, 0.25) is 0 Å². The summed E-state index contributed by atoms with van der Waals surface area (Å²) in [6, 6.07) is 0. The molecule has 12 heteroatoms. The van der Waals surface area contributed by atoms with Gasteiger partial charge < -0.3 is 33.9 Å². The van der Waals surface area contributed by atoms with Crippen molar-refractivity contribution in [2.45, 2.75) is 102 Å².